The predicted octanol–water partition coefficient (Wildman–Crippen LogP) is 4.06. The number of carbonyl (C=O) groups is 1. The van der Waals surface area contributed by atoms with Crippen LogP contribution in [-0.2, 0) is 4.74 Å². The third kappa shape index (κ3) is 3.55. The van der Waals surface area contributed by atoms with E-state index in [0.717, 1.165) is 16.0 Å². The SMILES string of the molecule is COC(=O)c1[nH]nnc1Sc1ccc(-c2ccc(Cl)cc2)cc1. The zero-order valence-electron chi connectivity index (χ0n) is 12.1. The van der Waals surface area contributed by atoms with Gasteiger partial charge in [0.25, 0.3) is 0 Å². The first kappa shape index (κ1) is 15.6. The van der Waals surface area contributed by atoms with E-state index in [1.807, 2.05) is 48.5 Å². The number of hydrogen-bond acceptors (Lipinski definition) is 5. The predicted molar refractivity (Wildman–Crippen MR) is 88.7 cm³/mol. The van der Waals surface area contributed by atoms with Crippen molar-refractivity contribution in [3.8, 4) is 11.1 Å². The molecule has 5 nitrogen and oxygen atoms in total. The summed E-state index contributed by atoms with van der Waals surface area (Å²) in [5.74, 6) is -0.490. The number of ether oxygens (including phenoxy) is 1. The van der Waals surface area contributed by atoms with Crippen LogP contribution in [0, 0.1) is 0 Å². The Morgan fingerprint density at radius 1 is 1.09 bits per heavy atom. The molecule has 0 aliphatic carbocycles. The maximum atomic E-state index is 11.6. The normalized spacial score (nSPS) is 10.5. The number of aromatic amines is 1. The van der Waals surface area contributed by atoms with Crippen molar-refractivity contribution in [2.45, 2.75) is 9.92 Å². The summed E-state index contributed by atoms with van der Waals surface area (Å²) in [6.45, 7) is 0. The molecule has 3 aromatic rings. The van der Waals surface area contributed by atoms with Gasteiger partial charge in [0.1, 0.15) is 0 Å². The van der Waals surface area contributed by atoms with E-state index in [9.17, 15) is 4.79 Å². The lowest BCUT2D eigenvalue weighted by molar-refractivity contribution is 0.0590. The van der Waals surface area contributed by atoms with E-state index in [2.05, 4.69) is 20.1 Å². The van der Waals surface area contributed by atoms with E-state index in [1.165, 1.54) is 18.9 Å². The fraction of sp³-hybridized carbons (Fsp3) is 0.0625. The van der Waals surface area contributed by atoms with Gasteiger partial charge < -0.3 is 4.74 Å². The van der Waals surface area contributed by atoms with E-state index in [-0.39, 0.29) is 5.69 Å². The summed E-state index contributed by atoms with van der Waals surface area (Å²) in [4.78, 5) is 12.5. The Hall–Kier alpha value is -2.31. The van der Waals surface area contributed by atoms with Crippen LogP contribution in [0.15, 0.2) is 58.5 Å². The summed E-state index contributed by atoms with van der Waals surface area (Å²) in [6, 6.07) is 15.6. The van der Waals surface area contributed by atoms with Crippen molar-refractivity contribution in [1.82, 2.24) is 15.4 Å². The van der Waals surface area contributed by atoms with Crippen molar-refractivity contribution in [3.05, 3.63) is 59.2 Å². The quantitative estimate of drug-likeness (QED) is 0.722. The Morgan fingerprint density at radius 3 is 2.30 bits per heavy atom. The molecule has 0 saturated heterocycles. The van der Waals surface area contributed by atoms with Crippen LogP contribution in [0.1, 0.15) is 10.5 Å². The van der Waals surface area contributed by atoms with Gasteiger partial charge in [0.2, 0.25) is 0 Å². The fourth-order valence-corrected chi connectivity index (χ4v) is 2.93. The van der Waals surface area contributed by atoms with E-state index in [0.29, 0.717) is 10.0 Å². The van der Waals surface area contributed by atoms with Gasteiger partial charge in [0, 0.05) is 9.92 Å². The number of hydrogen-bond donors (Lipinski definition) is 1. The summed E-state index contributed by atoms with van der Waals surface area (Å²) < 4.78 is 4.69. The summed E-state index contributed by atoms with van der Waals surface area (Å²) >= 11 is 7.24. The molecule has 0 saturated carbocycles. The average Bonchev–Trinajstić information content (AvgIpc) is 3.04. The third-order valence-corrected chi connectivity index (χ3v) is 4.39. The number of carbonyl (C=O) groups excluding carboxylic acids is 1. The van der Waals surface area contributed by atoms with Crippen molar-refractivity contribution in [2.75, 3.05) is 7.11 Å². The van der Waals surface area contributed by atoms with Crippen LogP contribution in [0.4, 0.5) is 0 Å². The van der Waals surface area contributed by atoms with Crippen molar-refractivity contribution in [2.24, 2.45) is 0 Å². The third-order valence-electron chi connectivity index (χ3n) is 3.15. The Morgan fingerprint density at radius 2 is 1.70 bits per heavy atom. The molecule has 1 N–H and O–H groups in total. The number of nitrogens with one attached hydrogen (secondary N) is 1. The van der Waals surface area contributed by atoms with Crippen LogP contribution >= 0.6 is 23.4 Å². The minimum absolute atomic E-state index is 0.249. The molecule has 3 rings (SSSR count). The molecule has 0 aliphatic rings. The number of benzene rings is 2. The number of aromatic nitrogens is 3. The van der Waals surface area contributed by atoms with Crippen LogP contribution < -0.4 is 0 Å². The minimum Gasteiger partial charge on any atom is -0.464 e. The van der Waals surface area contributed by atoms with Gasteiger partial charge in [-0.05, 0) is 35.4 Å². The zero-order valence-corrected chi connectivity index (χ0v) is 13.7. The highest BCUT2D eigenvalue weighted by Crippen LogP contribution is 2.30. The lowest BCUT2D eigenvalue weighted by Gasteiger charge is -2.04. The van der Waals surface area contributed by atoms with Gasteiger partial charge >= 0.3 is 5.97 Å². The van der Waals surface area contributed by atoms with Crippen molar-refractivity contribution in [3.63, 3.8) is 0 Å². The van der Waals surface area contributed by atoms with Gasteiger partial charge in [-0.15, -0.1) is 5.10 Å². The van der Waals surface area contributed by atoms with Gasteiger partial charge in [-0.2, -0.15) is 0 Å². The molecular weight excluding hydrogens is 334 g/mol. The van der Waals surface area contributed by atoms with Crippen molar-refractivity contribution in [1.29, 1.82) is 0 Å². The molecule has 2 aromatic carbocycles. The van der Waals surface area contributed by atoms with Crippen LogP contribution in [0.25, 0.3) is 11.1 Å². The van der Waals surface area contributed by atoms with E-state index >= 15 is 0 Å². The van der Waals surface area contributed by atoms with Crippen molar-refractivity contribution < 1.29 is 9.53 Å². The summed E-state index contributed by atoms with van der Waals surface area (Å²) in [7, 11) is 1.32. The number of nitrogens with zero attached hydrogens (tertiary/aromatic N) is 2. The number of halogens is 1. The Labute approximate surface area is 142 Å². The van der Waals surface area contributed by atoms with E-state index < -0.39 is 5.97 Å². The molecule has 0 radical (unpaired) electrons. The number of rotatable bonds is 4. The monoisotopic (exact) mass is 345 g/mol. The van der Waals surface area contributed by atoms with Crippen molar-refractivity contribution >= 4 is 29.3 Å². The van der Waals surface area contributed by atoms with E-state index in [4.69, 9.17) is 11.6 Å². The van der Waals surface area contributed by atoms with E-state index in [1.54, 1.807) is 0 Å². The summed E-state index contributed by atoms with van der Waals surface area (Å²) in [6.07, 6.45) is 0. The van der Waals surface area contributed by atoms with Gasteiger partial charge in [0.15, 0.2) is 10.7 Å². The van der Waals surface area contributed by atoms with Gasteiger partial charge in [0.05, 0.1) is 7.11 Å². The molecule has 0 aliphatic heterocycles. The van der Waals surface area contributed by atoms with Crippen LogP contribution in [0.2, 0.25) is 5.02 Å². The highest BCUT2D eigenvalue weighted by molar-refractivity contribution is 7.99. The minimum atomic E-state index is -0.490. The smallest absolute Gasteiger partial charge is 0.358 e. The van der Waals surface area contributed by atoms with Crippen LogP contribution in [0.5, 0.6) is 0 Å². The highest BCUT2D eigenvalue weighted by atomic mass is 35.5. The number of methoxy groups -OCH3 is 1. The number of esters is 1. The topological polar surface area (TPSA) is 67.9 Å². The second-order valence-electron chi connectivity index (χ2n) is 4.62. The first-order chi connectivity index (χ1) is 11.2. The maximum Gasteiger partial charge on any atom is 0.358 e. The fourth-order valence-electron chi connectivity index (χ4n) is 1.99. The average molecular weight is 346 g/mol. The van der Waals surface area contributed by atoms with Gasteiger partial charge in [-0.3, -0.25) is 5.10 Å². The molecule has 23 heavy (non-hydrogen) atoms. The molecule has 0 unspecified atom stereocenters. The lowest BCUT2D eigenvalue weighted by Crippen LogP contribution is -2.03. The highest BCUT2D eigenvalue weighted by Gasteiger charge is 2.17. The first-order valence-corrected chi connectivity index (χ1v) is 7.90. The molecule has 0 fully saturated rings. The standard InChI is InChI=1S/C16H12ClN3O2S/c1-22-16(21)14-15(19-20-18-14)23-13-8-4-11(5-9-13)10-2-6-12(17)7-3-10/h2-9H,1H3,(H,18,19,20). The lowest BCUT2D eigenvalue weighted by atomic mass is 10.1. The molecule has 7 heteroatoms. The van der Waals surface area contributed by atoms with Crippen LogP contribution in [0.3, 0.4) is 0 Å². The number of H-pyrrole nitrogens is 1. The Balaban J connectivity index is 1.79. The molecular formula is C16H12ClN3O2S. The van der Waals surface area contributed by atoms with Crippen LogP contribution in [-0.4, -0.2) is 28.5 Å². The first-order valence-electron chi connectivity index (χ1n) is 6.70. The molecule has 0 bridgehead atoms. The molecule has 0 spiro atoms. The second kappa shape index (κ2) is 6.85. The maximum absolute atomic E-state index is 11.6. The summed E-state index contributed by atoms with van der Waals surface area (Å²) in [5.41, 5.74) is 2.42. The van der Waals surface area contributed by atoms with Gasteiger partial charge in [-0.25, -0.2) is 4.79 Å². The largest absolute Gasteiger partial charge is 0.464 e. The molecule has 1 aromatic heterocycles. The second-order valence-corrected chi connectivity index (χ2v) is 6.12. The molecule has 0 amide bonds. The Bertz CT molecular complexity index is 816. The van der Waals surface area contributed by atoms with Gasteiger partial charge in [-0.1, -0.05) is 52.8 Å². The Kier molecular flexibility index (Phi) is 4.64. The zero-order chi connectivity index (χ0) is 16.2. The summed E-state index contributed by atoms with van der Waals surface area (Å²) in [5, 5.41) is 11.3. The molecule has 116 valence electrons. The molecule has 1 heterocycles. The molecule has 0 atom stereocenters.